The summed E-state index contributed by atoms with van der Waals surface area (Å²) in [6.45, 7) is 9.45. The molecule has 0 spiro atoms. The molecule has 7 nitrogen and oxygen atoms in total. The van der Waals surface area contributed by atoms with Crippen LogP contribution in [0.25, 0.3) is 0 Å². The van der Waals surface area contributed by atoms with E-state index in [4.69, 9.17) is 9.47 Å². The van der Waals surface area contributed by atoms with E-state index in [-0.39, 0.29) is 5.75 Å². The first-order valence-electron chi connectivity index (χ1n) is 9.08. The van der Waals surface area contributed by atoms with Crippen LogP contribution in [0.5, 0.6) is 0 Å². The predicted molar refractivity (Wildman–Crippen MR) is 102 cm³/mol. The van der Waals surface area contributed by atoms with Gasteiger partial charge in [-0.05, 0) is 46.0 Å². The summed E-state index contributed by atoms with van der Waals surface area (Å²) >= 11 is 0. The van der Waals surface area contributed by atoms with E-state index in [1.54, 1.807) is 27.8 Å². The molecule has 2 N–H and O–H groups in total. The number of rotatable bonds is 9. The molecule has 1 aliphatic rings. The normalized spacial score (nSPS) is 17.5. The highest BCUT2D eigenvalue weighted by molar-refractivity contribution is 7.92. The molecular formula is C17H35N3O4S. The maximum atomic E-state index is 12.1. The van der Waals surface area contributed by atoms with Crippen LogP contribution in [0.15, 0.2) is 4.99 Å². The average Bonchev–Trinajstić information content (AvgIpc) is 2.56. The Morgan fingerprint density at radius 2 is 1.84 bits per heavy atom. The Balaban J connectivity index is 2.10. The Hall–Kier alpha value is -0.860. The number of nitrogens with zero attached hydrogens (tertiary/aromatic N) is 1. The Labute approximate surface area is 152 Å². The van der Waals surface area contributed by atoms with Crippen molar-refractivity contribution in [2.24, 2.45) is 10.9 Å². The standard InChI is InChI=1S/C17H35N3O4S/c1-17(2,3)25(21,22)13-9-20-16(18-4)19-8-5-10-24-14-15-6-11-23-12-7-15/h15H,5-14H2,1-4H3,(H2,18,19,20). The molecule has 8 heteroatoms. The maximum Gasteiger partial charge on any atom is 0.191 e. The molecule has 1 fully saturated rings. The summed E-state index contributed by atoms with van der Waals surface area (Å²) < 4.78 is 34.4. The Bertz CT molecular complexity index is 495. The van der Waals surface area contributed by atoms with Gasteiger partial charge in [-0.2, -0.15) is 0 Å². The lowest BCUT2D eigenvalue weighted by atomic mass is 10.0. The number of hydrogen-bond donors (Lipinski definition) is 2. The van der Waals surface area contributed by atoms with Gasteiger partial charge in [0.1, 0.15) is 0 Å². The first-order valence-corrected chi connectivity index (χ1v) is 10.7. The molecule has 1 heterocycles. The summed E-state index contributed by atoms with van der Waals surface area (Å²) in [6.07, 6.45) is 3.06. The van der Waals surface area contributed by atoms with Crippen LogP contribution in [-0.2, 0) is 19.3 Å². The lowest BCUT2D eigenvalue weighted by molar-refractivity contribution is 0.0203. The molecular weight excluding hydrogens is 342 g/mol. The number of guanidine groups is 1. The van der Waals surface area contributed by atoms with Gasteiger partial charge in [0.2, 0.25) is 0 Å². The first-order chi connectivity index (χ1) is 11.8. The Morgan fingerprint density at radius 1 is 1.20 bits per heavy atom. The van der Waals surface area contributed by atoms with Crippen molar-refractivity contribution >= 4 is 15.8 Å². The van der Waals surface area contributed by atoms with E-state index >= 15 is 0 Å². The average molecular weight is 378 g/mol. The minimum Gasteiger partial charge on any atom is -0.381 e. The fourth-order valence-electron chi connectivity index (χ4n) is 2.37. The van der Waals surface area contributed by atoms with Crippen molar-refractivity contribution in [3.05, 3.63) is 0 Å². The molecule has 0 aromatic heterocycles. The Morgan fingerprint density at radius 3 is 2.44 bits per heavy atom. The minimum absolute atomic E-state index is 0.0887. The summed E-state index contributed by atoms with van der Waals surface area (Å²) in [5, 5.41) is 6.22. The van der Waals surface area contributed by atoms with Crippen molar-refractivity contribution in [3.63, 3.8) is 0 Å². The van der Waals surface area contributed by atoms with E-state index in [2.05, 4.69) is 15.6 Å². The van der Waals surface area contributed by atoms with E-state index in [1.165, 1.54) is 0 Å². The number of ether oxygens (including phenoxy) is 2. The van der Waals surface area contributed by atoms with Crippen LogP contribution in [0.1, 0.15) is 40.0 Å². The van der Waals surface area contributed by atoms with Gasteiger partial charge in [-0.1, -0.05) is 0 Å². The van der Waals surface area contributed by atoms with Crippen molar-refractivity contribution in [1.82, 2.24) is 10.6 Å². The third-order valence-electron chi connectivity index (χ3n) is 4.27. The molecule has 1 aliphatic heterocycles. The molecule has 0 aromatic carbocycles. The largest absolute Gasteiger partial charge is 0.381 e. The van der Waals surface area contributed by atoms with Crippen LogP contribution in [-0.4, -0.2) is 71.4 Å². The van der Waals surface area contributed by atoms with Gasteiger partial charge in [-0.3, -0.25) is 4.99 Å². The quantitative estimate of drug-likeness (QED) is 0.357. The van der Waals surface area contributed by atoms with E-state index in [0.717, 1.165) is 45.6 Å². The van der Waals surface area contributed by atoms with Gasteiger partial charge in [0.05, 0.1) is 10.5 Å². The fraction of sp³-hybridized carbons (Fsp3) is 0.941. The molecule has 0 aliphatic carbocycles. The molecule has 0 amide bonds. The number of aliphatic imine (C=N–C) groups is 1. The molecule has 1 rings (SSSR count). The van der Waals surface area contributed by atoms with E-state index in [0.29, 0.717) is 25.0 Å². The van der Waals surface area contributed by atoms with Gasteiger partial charge in [0.15, 0.2) is 15.8 Å². The second-order valence-electron chi connectivity index (χ2n) is 7.34. The van der Waals surface area contributed by atoms with Gasteiger partial charge in [-0.25, -0.2) is 8.42 Å². The zero-order valence-electron chi connectivity index (χ0n) is 16.1. The van der Waals surface area contributed by atoms with Crippen molar-refractivity contribution < 1.29 is 17.9 Å². The fourth-order valence-corrected chi connectivity index (χ4v) is 3.36. The second-order valence-corrected chi connectivity index (χ2v) is 10.2. The molecule has 0 unspecified atom stereocenters. The highest BCUT2D eigenvalue weighted by Gasteiger charge is 2.28. The highest BCUT2D eigenvalue weighted by atomic mass is 32.2. The van der Waals surface area contributed by atoms with Gasteiger partial charge in [0.25, 0.3) is 0 Å². The monoisotopic (exact) mass is 377 g/mol. The van der Waals surface area contributed by atoms with Gasteiger partial charge in [-0.15, -0.1) is 0 Å². The van der Waals surface area contributed by atoms with Gasteiger partial charge >= 0.3 is 0 Å². The molecule has 25 heavy (non-hydrogen) atoms. The maximum absolute atomic E-state index is 12.1. The number of nitrogens with one attached hydrogen (secondary N) is 2. The third-order valence-corrected chi connectivity index (χ3v) is 6.88. The molecule has 0 saturated carbocycles. The Kier molecular flexibility index (Phi) is 9.74. The summed E-state index contributed by atoms with van der Waals surface area (Å²) in [5.41, 5.74) is 0. The smallest absolute Gasteiger partial charge is 0.191 e. The number of sulfone groups is 1. The van der Waals surface area contributed by atoms with E-state index in [1.807, 2.05) is 0 Å². The third kappa shape index (κ3) is 8.87. The zero-order valence-corrected chi connectivity index (χ0v) is 17.0. The molecule has 1 saturated heterocycles. The summed E-state index contributed by atoms with van der Waals surface area (Å²) in [4.78, 5) is 4.11. The van der Waals surface area contributed by atoms with E-state index in [9.17, 15) is 8.42 Å². The second kappa shape index (κ2) is 11.0. The SMILES string of the molecule is CN=C(NCCCOCC1CCOCC1)NCCS(=O)(=O)C(C)(C)C. The minimum atomic E-state index is -3.12. The van der Waals surface area contributed by atoms with Crippen molar-refractivity contribution in [1.29, 1.82) is 0 Å². The van der Waals surface area contributed by atoms with Crippen molar-refractivity contribution in [3.8, 4) is 0 Å². The van der Waals surface area contributed by atoms with Crippen LogP contribution < -0.4 is 10.6 Å². The predicted octanol–water partition coefficient (Wildman–Crippen LogP) is 1.20. The van der Waals surface area contributed by atoms with Crippen molar-refractivity contribution in [2.45, 2.75) is 44.8 Å². The van der Waals surface area contributed by atoms with E-state index < -0.39 is 14.6 Å². The molecule has 0 atom stereocenters. The van der Waals surface area contributed by atoms with Crippen molar-refractivity contribution in [2.75, 3.05) is 52.3 Å². The number of hydrogen-bond acceptors (Lipinski definition) is 5. The van der Waals surface area contributed by atoms with Crippen LogP contribution in [0.4, 0.5) is 0 Å². The first kappa shape index (κ1) is 22.2. The summed E-state index contributed by atoms with van der Waals surface area (Å²) in [7, 11) is -1.44. The van der Waals surface area contributed by atoms with Crippen LogP contribution >= 0.6 is 0 Å². The molecule has 0 bridgehead atoms. The summed E-state index contributed by atoms with van der Waals surface area (Å²) in [6, 6.07) is 0. The lowest BCUT2D eigenvalue weighted by Crippen LogP contribution is -2.42. The van der Waals surface area contributed by atoms with Crippen LogP contribution in [0.3, 0.4) is 0 Å². The topological polar surface area (TPSA) is 89.0 Å². The highest BCUT2D eigenvalue weighted by Crippen LogP contribution is 2.15. The summed E-state index contributed by atoms with van der Waals surface area (Å²) in [5.74, 6) is 1.33. The van der Waals surface area contributed by atoms with Gasteiger partial charge in [0, 0.05) is 46.6 Å². The van der Waals surface area contributed by atoms with Crippen LogP contribution in [0.2, 0.25) is 0 Å². The molecule has 0 radical (unpaired) electrons. The van der Waals surface area contributed by atoms with Crippen LogP contribution in [0, 0.1) is 5.92 Å². The molecule has 148 valence electrons. The zero-order chi connectivity index (χ0) is 18.8. The lowest BCUT2D eigenvalue weighted by Gasteiger charge is -2.21. The van der Waals surface area contributed by atoms with Gasteiger partial charge < -0.3 is 20.1 Å². The molecule has 0 aromatic rings.